The predicted molar refractivity (Wildman–Crippen MR) is 148 cm³/mol. The minimum atomic E-state index is -4.03. The number of rotatable bonds is 5. The number of carbonyl (C=O) groups is 3. The van der Waals surface area contributed by atoms with E-state index in [1.54, 1.807) is 36.1 Å². The maximum absolute atomic E-state index is 13.4. The van der Waals surface area contributed by atoms with Gasteiger partial charge in [0.15, 0.2) is 0 Å². The second-order valence-corrected chi connectivity index (χ2v) is 12.6. The van der Waals surface area contributed by atoms with Crippen molar-refractivity contribution in [2.24, 2.45) is 5.92 Å². The van der Waals surface area contributed by atoms with Gasteiger partial charge in [0.25, 0.3) is 21.8 Å². The van der Waals surface area contributed by atoms with Crippen LogP contribution < -0.4 is 14.5 Å². The van der Waals surface area contributed by atoms with Crippen LogP contribution in [0.5, 0.6) is 0 Å². The van der Waals surface area contributed by atoms with Crippen LogP contribution in [0.1, 0.15) is 44.7 Å². The first-order chi connectivity index (χ1) is 18.0. The fraction of sp³-hybridized carbons (Fsp3) is 0.222. The number of nitrogens with zero attached hydrogens (tertiary/aromatic N) is 2. The average Bonchev–Trinajstić information content (AvgIpc) is 3.59. The van der Waals surface area contributed by atoms with Crippen molar-refractivity contribution in [2.75, 3.05) is 21.1 Å². The van der Waals surface area contributed by atoms with Crippen molar-refractivity contribution < 1.29 is 22.8 Å². The first-order valence-corrected chi connectivity index (χ1v) is 14.7. The Labute approximate surface area is 232 Å². The Morgan fingerprint density at radius 3 is 2.45 bits per heavy atom. The summed E-state index contributed by atoms with van der Waals surface area (Å²) in [4.78, 5) is 41.4. The molecule has 6 rings (SSSR count). The lowest BCUT2D eigenvalue weighted by Gasteiger charge is -2.19. The van der Waals surface area contributed by atoms with Crippen LogP contribution in [-0.4, -0.2) is 32.7 Å². The van der Waals surface area contributed by atoms with Crippen molar-refractivity contribution in [3.8, 4) is 0 Å². The van der Waals surface area contributed by atoms with Gasteiger partial charge in [-0.2, -0.15) is 0 Å². The van der Waals surface area contributed by atoms with Crippen molar-refractivity contribution in [1.82, 2.24) is 0 Å². The zero-order valence-corrected chi connectivity index (χ0v) is 23.3. The Morgan fingerprint density at radius 1 is 1.00 bits per heavy atom. The molecule has 1 saturated carbocycles. The zero-order valence-electron chi connectivity index (χ0n) is 20.1. The number of aryl methyl sites for hydroxylation is 1. The van der Waals surface area contributed by atoms with Crippen molar-refractivity contribution in [1.29, 1.82) is 0 Å². The molecular formula is C27H21BrClN3O5S. The maximum atomic E-state index is 13.4. The van der Waals surface area contributed by atoms with Crippen molar-refractivity contribution >= 4 is 72.3 Å². The highest BCUT2D eigenvalue weighted by Gasteiger charge is 2.39. The van der Waals surface area contributed by atoms with Gasteiger partial charge < -0.3 is 4.90 Å². The Balaban J connectivity index is 1.28. The molecule has 1 fully saturated rings. The van der Waals surface area contributed by atoms with Crippen molar-refractivity contribution in [3.63, 3.8) is 0 Å². The third kappa shape index (κ3) is 4.11. The van der Waals surface area contributed by atoms with Crippen LogP contribution in [0.2, 0.25) is 5.02 Å². The van der Waals surface area contributed by atoms with Gasteiger partial charge in [0.05, 0.1) is 16.8 Å². The van der Waals surface area contributed by atoms with Gasteiger partial charge in [-0.1, -0.05) is 11.6 Å². The van der Waals surface area contributed by atoms with Gasteiger partial charge in [-0.25, -0.2) is 13.3 Å². The lowest BCUT2D eigenvalue weighted by Crippen LogP contribution is -2.30. The summed E-state index contributed by atoms with van der Waals surface area (Å²) in [5.41, 5.74) is 3.18. The number of nitrogens with one attached hydrogen (secondary N) is 1. The van der Waals surface area contributed by atoms with E-state index in [-0.39, 0.29) is 33.5 Å². The molecule has 0 bridgehead atoms. The Hall–Kier alpha value is -3.21. The molecule has 8 nitrogen and oxygen atoms in total. The van der Waals surface area contributed by atoms with Crippen LogP contribution in [-0.2, 0) is 21.2 Å². The highest BCUT2D eigenvalue weighted by molar-refractivity contribution is 9.10. The van der Waals surface area contributed by atoms with E-state index >= 15 is 0 Å². The standard InChI is InChI=1S/C27H21BrClN3O5S/c1-14-10-18(5-7-22(14)32-26(34)19-6-4-17(29)12-20(19)27(32)35)30-38(36,37)24-13-23-16(11-21(24)28)8-9-31(23)25(33)15-2-3-15/h4-7,10-13,15,30H,2-3,8-9H2,1H3. The molecule has 2 aliphatic heterocycles. The number of hydrogen-bond acceptors (Lipinski definition) is 5. The number of halogens is 2. The van der Waals surface area contributed by atoms with Gasteiger partial charge in [-0.3, -0.25) is 19.1 Å². The molecule has 0 spiro atoms. The lowest BCUT2D eigenvalue weighted by molar-refractivity contribution is -0.119. The summed E-state index contributed by atoms with van der Waals surface area (Å²) < 4.78 is 29.8. The molecule has 0 atom stereocenters. The third-order valence-electron chi connectivity index (χ3n) is 7.05. The van der Waals surface area contributed by atoms with Crippen LogP contribution in [0.15, 0.2) is 57.9 Å². The Bertz CT molecular complexity index is 1690. The largest absolute Gasteiger partial charge is 0.312 e. The Kier molecular flexibility index (Phi) is 5.89. The molecular weight excluding hydrogens is 594 g/mol. The van der Waals surface area contributed by atoms with Gasteiger partial charge in [-0.05, 0) is 102 Å². The minimum absolute atomic E-state index is 0.0192. The number of sulfonamides is 1. The van der Waals surface area contributed by atoms with Gasteiger partial charge in [0.1, 0.15) is 4.90 Å². The summed E-state index contributed by atoms with van der Waals surface area (Å²) in [7, 11) is -4.03. The molecule has 0 aromatic heterocycles. The summed E-state index contributed by atoms with van der Waals surface area (Å²) in [5, 5.41) is 0.353. The van der Waals surface area contributed by atoms with E-state index in [9.17, 15) is 22.8 Å². The molecule has 194 valence electrons. The zero-order chi connectivity index (χ0) is 26.9. The molecule has 3 amide bonds. The summed E-state index contributed by atoms with van der Waals surface area (Å²) in [5.74, 6) is -0.880. The highest BCUT2D eigenvalue weighted by atomic mass is 79.9. The SMILES string of the molecule is Cc1cc(NS(=O)(=O)c2cc3c(cc2Br)CCN3C(=O)C2CC2)ccc1N1C(=O)c2ccc(Cl)cc2C1=O. The monoisotopic (exact) mass is 613 g/mol. The molecule has 38 heavy (non-hydrogen) atoms. The number of anilines is 3. The lowest BCUT2D eigenvalue weighted by atomic mass is 10.1. The highest BCUT2D eigenvalue weighted by Crippen LogP contribution is 2.40. The summed E-state index contributed by atoms with van der Waals surface area (Å²) >= 11 is 9.39. The van der Waals surface area contributed by atoms with Crippen LogP contribution in [0.4, 0.5) is 17.1 Å². The molecule has 11 heteroatoms. The second kappa shape index (κ2) is 8.93. The summed E-state index contributed by atoms with van der Waals surface area (Å²) in [6, 6.07) is 12.4. The van der Waals surface area contributed by atoms with Crippen LogP contribution in [0.25, 0.3) is 0 Å². The van der Waals surface area contributed by atoms with Crippen molar-refractivity contribution in [2.45, 2.75) is 31.1 Å². The van der Waals surface area contributed by atoms with Gasteiger partial charge in [-0.15, -0.1) is 0 Å². The molecule has 0 unspecified atom stereocenters. The van der Waals surface area contributed by atoms with Gasteiger partial charge >= 0.3 is 0 Å². The van der Waals surface area contributed by atoms with Gasteiger partial charge in [0, 0.05) is 33.3 Å². The van der Waals surface area contributed by atoms with E-state index in [4.69, 9.17) is 11.6 Å². The molecule has 3 aromatic rings. The van der Waals surface area contributed by atoms with Gasteiger partial charge in [0.2, 0.25) is 5.91 Å². The first-order valence-electron chi connectivity index (χ1n) is 12.0. The maximum Gasteiger partial charge on any atom is 0.266 e. The number of hydrogen-bond donors (Lipinski definition) is 1. The molecule has 3 aromatic carbocycles. The average molecular weight is 615 g/mol. The quantitative estimate of drug-likeness (QED) is 0.392. The molecule has 2 heterocycles. The van der Waals surface area contributed by atoms with E-state index in [0.717, 1.165) is 23.3 Å². The fourth-order valence-electron chi connectivity index (χ4n) is 4.99. The van der Waals surface area contributed by atoms with E-state index in [0.29, 0.717) is 39.4 Å². The Morgan fingerprint density at radius 2 is 1.74 bits per heavy atom. The second-order valence-electron chi connectivity index (χ2n) is 9.67. The molecule has 0 radical (unpaired) electrons. The molecule has 3 aliphatic rings. The normalized spacial score (nSPS) is 16.6. The summed E-state index contributed by atoms with van der Waals surface area (Å²) in [6.45, 7) is 2.23. The minimum Gasteiger partial charge on any atom is -0.312 e. The van der Waals surface area contributed by atoms with Crippen LogP contribution in [0, 0.1) is 12.8 Å². The molecule has 0 saturated heterocycles. The number of imide groups is 1. The molecule has 1 N–H and O–H groups in total. The number of amides is 3. The topological polar surface area (TPSA) is 104 Å². The fourth-order valence-corrected chi connectivity index (χ4v) is 7.32. The van der Waals surface area contributed by atoms with E-state index in [2.05, 4.69) is 20.7 Å². The van der Waals surface area contributed by atoms with Crippen LogP contribution >= 0.6 is 27.5 Å². The smallest absolute Gasteiger partial charge is 0.266 e. The first kappa shape index (κ1) is 25.1. The third-order valence-corrected chi connectivity index (χ3v) is 9.62. The van der Waals surface area contributed by atoms with E-state index in [1.807, 2.05) is 0 Å². The van der Waals surface area contributed by atoms with Crippen molar-refractivity contribution in [3.05, 3.63) is 80.3 Å². The van der Waals surface area contributed by atoms with Crippen LogP contribution in [0.3, 0.4) is 0 Å². The van der Waals surface area contributed by atoms with E-state index in [1.165, 1.54) is 24.3 Å². The van der Waals surface area contributed by atoms with E-state index < -0.39 is 21.8 Å². The number of carbonyl (C=O) groups excluding carboxylic acids is 3. The predicted octanol–water partition coefficient (Wildman–Crippen LogP) is 5.31. The number of fused-ring (bicyclic) bond motifs is 2. The molecule has 1 aliphatic carbocycles. The number of benzene rings is 3. The summed E-state index contributed by atoms with van der Waals surface area (Å²) in [6.07, 6.45) is 2.42.